The van der Waals surface area contributed by atoms with Crippen molar-refractivity contribution in [1.29, 1.82) is 15.8 Å². The van der Waals surface area contributed by atoms with Crippen LogP contribution in [0.1, 0.15) is 82.0 Å². The molecule has 2 atom stereocenters. The molecule has 0 amide bonds. The fraction of sp³-hybridized carbons (Fsp3) is 0.328. The van der Waals surface area contributed by atoms with Crippen LogP contribution < -0.4 is 16.8 Å². The zero-order valence-electron chi connectivity index (χ0n) is 47.5. The van der Waals surface area contributed by atoms with E-state index in [-0.39, 0.29) is 53.6 Å². The van der Waals surface area contributed by atoms with Gasteiger partial charge in [0, 0.05) is 66.9 Å². The second-order valence-corrected chi connectivity index (χ2v) is 21.7. The summed E-state index contributed by atoms with van der Waals surface area (Å²) in [5.74, 6) is 5.30. The van der Waals surface area contributed by atoms with Crippen molar-refractivity contribution in [2.45, 2.75) is 99.1 Å². The number of nitriles is 3. The Balaban J connectivity index is 0.000000470. The van der Waals surface area contributed by atoms with Crippen LogP contribution >= 0.6 is 19.1 Å². The number of anilines is 3. The molecule has 0 unspecified atom stereocenters. The first-order chi connectivity index (χ1) is 39.3. The Hall–Kier alpha value is -6.85. The molecule has 0 fully saturated rings. The number of fused-ring (bicyclic) bond motifs is 1. The summed E-state index contributed by atoms with van der Waals surface area (Å²) < 4.78 is 53.7. The van der Waals surface area contributed by atoms with Gasteiger partial charge in [-0.15, -0.1) is 0 Å². The van der Waals surface area contributed by atoms with Gasteiger partial charge in [0.2, 0.25) is 0 Å². The number of benzene rings is 6. The van der Waals surface area contributed by atoms with Gasteiger partial charge in [0.1, 0.15) is 11.6 Å². The van der Waals surface area contributed by atoms with Crippen molar-refractivity contribution in [3.8, 4) is 30.0 Å². The van der Waals surface area contributed by atoms with Crippen LogP contribution in [0.4, 0.5) is 25.8 Å². The van der Waals surface area contributed by atoms with Gasteiger partial charge in [-0.2, -0.15) is 15.8 Å². The number of halogens is 4. The van der Waals surface area contributed by atoms with Gasteiger partial charge in [-0.1, -0.05) is 147 Å². The number of hydrogen-bond acceptors (Lipinski definition) is 12. The molecular formula is C64H75Cl2F2N7O6Pd. The quantitative estimate of drug-likeness (QED) is 0.0243. The third kappa shape index (κ3) is 28.2. The van der Waals surface area contributed by atoms with E-state index in [0.717, 1.165) is 33.3 Å². The number of aromatic nitrogens is 1. The van der Waals surface area contributed by atoms with Crippen molar-refractivity contribution in [1.82, 2.24) is 4.57 Å². The van der Waals surface area contributed by atoms with E-state index in [4.69, 9.17) is 65.3 Å². The summed E-state index contributed by atoms with van der Waals surface area (Å²) in [5.41, 5.74) is 17.8. The zero-order chi connectivity index (χ0) is 60.8. The van der Waals surface area contributed by atoms with Crippen molar-refractivity contribution in [3.05, 3.63) is 197 Å². The van der Waals surface area contributed by atoms with Gasteiger partial charge in [0.15, 0.2) is 0 Å². The first kappa shape index (κ1) is 71.3. The summed E-state index contributed by atoms with van der Waals surface area (Å²) in [6.45, 7) is 15.9. The van der Waals surface area contributed by atoms with Crippen LogP contribution in [0.3, 0.4) is 0 Å². The second kappa shape index (κ2) is 40.4. The van der Waals surface area contributed by atoms with Crippen LogP contribution in [0.15, 0.2) is 152 Å². The molecule has 1 heterocycles. The number of nitrogens with one attached hydrogen (secondary N) is 1. The monoisotopic (exact) mass is 1250 g/mol. The summed E-state index contributed by atoms with van der Waals surface area (Å²) >= 11 is -0.106. The third-order valence-electron chi connectivity index (χ3n) is 11.3. The van der Waals surface area contributed by atoms with Gasteiger partial charge in [0.25, 0.3) is 0 Å². The van der Waals surface area contributed by atoms with Crippen LogP contribution in [-0.2, 0) is 73.3 Å². The molecule has 0 spiro atoms. The topological polar surface area (TPSA) is 218 Å². The van der Waals surface area contributed by atoms with E-state index in [0.29, 0.717) is 56.4 Å². The Morgan fingerprint density at radius 3 is 1.44 bits per heavy atom. The molecule has 7 rings (SSSR count). The van der Waals surface area contributed by atoms with Gasteiger partial charge in [-0.25, -0.2) is 8.78 Å². The number of hydrogen-bond donors (Lipinski definition) is 5. The molecule has 0 aliphatic heterocycles. The summed E-state index contributed by atoms with van der Waals surface area (Å²) in [7, 11) is 9.63. The van der Waals surface area contributed by atoms with Gasteiger partial charge in [0.05, 0.1) is 112 Å². The summed E-state index contributed by atoms with van der Waals surface area (Å²) in [6.07, 6.45) is -1.54. The second-order valence-electron chi connectivity index (χ2n) is 19.4. The van der Waals surface area contributed by atoms with E-state index in [1.165, 1.54) is 39.0 Å². The number of aliphatic hydroxyl groups is 2. The molecule has 0 bridgehead atoms. The molecule has 18 heteroatoms. The van der Waals surface area contributed by atoms with Crippen LogP contribution in [0.25, 0.3) is 10.9 Å². The van der Waals surface area contributed by atoms with Gasteiger partial charge >= 0.3 is 35.0 Å². The van der Waals surface area contributed by atoms with E-state index in [2.05, 4.69) is 31.0 Å². The molecule has 13 nitrogen and oxygen atoms in total. The standard InChI is InChI=1S/2C29H33FN2O3.3C2H3N.2ClH.Pd/c1-29(2,20-35-18-22-11-7-4-8-12-22)28-14-23-13-26(31)25(30)15-27(23)32(28)16-24(33)19-34-17-21-9-5-3-6-10-21;1-29(2,21-35-19-23-11-7-4-8-12-23)14-13-24-15-27(31)26(30)16-28(24)32-17-25(33)20-34-18-22-9-5-3-6-10-22;3*1-2-3;;;/h3-15,24,33H,16-20,31H2,1-2H3;3-12,15-16,25,32-33H,17-21,31H2,1-2H3;3*1H3;2*1H;/q;;;;;;;+2/p-2/t24-;25-;;;;;;/m11....../s1. The number of rotatable bonds is 22. The number of nitrogens with zero attached hydrogens (tertiary/aromatic N) is 4. The summed E-state index contributed by atoms with van der Waals surface area (Å²) in [6, 6.07) is 52.7. The zero-order valence-corrected chi connectivity index (χ0v) is 50.5. The molecule has 82 heavy (non-hydrogen) atoms. The van der Waals surface area contributed by atoms with Gasteiger partial charge < -0.3 is 50.5 Å². The SMILES string of the molecule is CC#N.CC#N.CC#N.CC(C)(C#Cc1cc(N)c(F)cc1NC[C@@H](O)COCc1ccccc1)COCc1ccccc1.CC(C)(COCc1ccccc1)c1cc2cc(N)c(F)cc2n1C[C@@H](O)COCc1ccccc1.[Cl][Pd][Cl]. The average Bonchev–Trinajstić information content (AvgIpc) is 4.06. The van der Waals surface area contributed by atoms with Crippen LogP contribution in [-0.4, -0.2) is 60.0 Å². The number of ether oxygens (including phenoxy) is 4. The number of aliphatic hydroxyl groups excluding tert-OH is 2. The molecule has 0 aliphatic rings. The molecule has 6 aromatic carbocycles. The minimum atomic E-state index is -0.775. The summed E-state index contributed by atoms with van der Waals surface area (Å²) in [4.78, 5) is 0. The van der Waals surface area contributed by atoms with E-state index in [1.54, 1.807) is 24.3 Å². The third-order valence-corrected chi connectivity index (χ3v) is 11.3. The molecule has 1 aromatic heterocycles. The first-order valence-corrected chi connectivity index (χ1v) is 29.8. The Morgan fingerprint density at radius 2 is 0.988 bits per heavy atom. The maximum absolute atomic E-state index is 14.4. The fourth-order valence-electron chi connectivity index (χ4n) is 7.57. The average molecular weight is 1250 g/mol. The Bertz CT molecular complexity index is 3070. The maximum atomic E-state index is 14.4. The molecule has 7 N–H and O–H groups in total. The van der Waals surface area contributed by atoms with E-state index < -0.39 is 34.7 Å². The van der Waals surface area contributed by atoms with Crippen LogP contribution in [0.2, 0.25) is 0 Å². The van der Waals surface area contributed by atoms with Crippen molar-refractivity contribution >= 4 is 47.0 Å². The Labute approximate surface area is 499 Å². The number of nitrogen functional groups attached to an aromatic ring is 2. The minimum absolute atomic E-state index is 0.0183. The predicted octanol–water partition coefficient (Wildman–Crippen LogP) is 13.4. The van der Waals surface area contributed by atoms with Gasteiger partial charge in [-0.05, 0) is 54.3 Å². The Kier molecular flexibility index (Phi) is 35.1. The van der Waals surface area contributed by atoms with Crippen molar-refractivity contribution in [2.24, 2.45) is 5.41 Å². The fourth-order valence-corrected chi connectivity index (χ4v) is 7.57. The molecule has 7 aromatic rings. The van der Waals surface area contributed by atoms with Crippen molar-refractivity contribution in [2.75, 3.05) is 49.8 Å². The van der Waals surface area contributed by atoms with Gasteiger partial charge in [-0.3, -0.25) is 0 Å². The van der Waals surface area contributed by atoms with Crippen LogP contribution in [0, 0.1) is 62.9 Å². The van der Waals surface area contributed by atoms with E-state index >= 15 is 0 Å². The van der Waals surface area contributed by atoms with E-state index in [9.17, 15) is 19.0 Å². The molecular weight excluding hydrogens is 1180 g/mol. The first-order valence-electron chi connectivity index (χ1n) is 25.8. The van der Waals surface area contributed by atoms with E-state index in [1.807, 2.05) is 146 Å². The normalized spacial score (nSPS) is 11.1. The molecule has 0 radical (unpaired) electrons. The molecule has 0 saturated heterocycles. The van der Waals surface area contributed by atoms with Crippen molar-refractivity contribution in [3.63, 3.8) is 0 Å². The predicted molar refractivity (Wildman–Crippen MR) is 321 cm³/mol. The van der Waals surface area contributed by atoms with Crippen molar-refractivity contribution < 1.29 is 53.9 Å². The molecule has 0 aliphatic carbocycles. The van der Waals surface area contributed by atoms with Crippen LogP contribution in [0.5, 0.6) is 0 Å². The Morgan fingerprint density at radius 1 is 0.598 bits per heavy atom. The number of nitrogens with two attached hydrogens (primary N) is 2. The molecule has 0 saturated carbocycles. The molecule has 440 valence electrons. The summed E-state index contributed by atoms with van der Waals surface area (Å²) in [5, 5.41) is 47.0.